The predicted octanol–water partition coefficient (Wildman–Crippen LogP) is 2.35. The van der Waals surface area contributed by atoms with E-state index in [1.807, 2.05) is 30.7 Å². The number of ether oxygens (including phenoxy) is 1. The number of aryl methyl sites for hydroxylation is 1. The lowest BCUT2D eigenvalue weighted by Crippen LogP contribution is -2.43. The van der Waals surface area contributed by atoms with Crippen LogP contribution in [0, 0.1) is 0 Å². The van der Waals surface area contributed by atoms with Crippen molar-refractivity contribution >= 4 is 10.9 Å². The van der Waals surface area contributed by atoms with Crippen LogP contribution in [-0.4, -0.2) is 28.5 Å². The summed E-state index contributed by atoms with van der Waals surface area (Å²) in [5.74, 6) is 0. The first-order valence-electron chi connectivity index (χ1n) is 6.88. The van der Waals surface area contributed by atoms with Gasteiger partial charge in [0.25, 0.3) is 0 Å². The van der Waals surface area contributed by atoms with Gasteiger partial charge in [-0.3, -0.25) is 4.68 Å². The molecule has 2 rings (SSSR count). The average molecular weight is 261 g/mol. The van der Waals surface area contributed by atoms with E-state index in [4.69, 9.17) is 10.5 Å². The van der Waals surface area contributed by atoms with Crippen molar-refractivity contribution in [1.29, 1.82) is 0 Å². The minimum absolute atomic E-state index is 0.383. The number of rotatable bonds is 6. The maximum atomic E-state index is 6.30. The average Bonchev–Trinajstić information content (AvgIpc) is 2.74. The number of nitrogens with two attached hydrogens (primary N) is 1. The summed E-state index contributed by atoms with van der Waals surface area (Å²) >= 11 is 0. The van der Waals surface area contributed by atoms with Gasteiger partial charge in [-0.2, -0.15) is 5.10 Å². The first-order valence-corrected chi connectivity index (χ1v) is 6.88. The number of hydrogen-bond acceptors (Lipinski definition) is 3. The van der Waals surface area contributed by atoms with E-state index in [9.17, 15) is 0 Å². The minimum atomic E-state index is -0.383. The molecule has 0 aliphatic carbocycles. The largest absolute Gasteiger partial charge is 0.380 e. The molecule has 1 atom stereocenters. The second kappa shape index (κ2) is 5.72. The Hall–Kier alpha value is -1.39. The molecule has 4 nitrogen and oxygen atoms in total. The molecule has 0 amide bonds. The van der Waals surface area contributed by atoms with Gasteiger partial charge < -0.3 is 10.5 Å². The predicted molar refractivity (Wildman–Crippen MR) is 78.2 cm³/mol. The molecule has 19 heavy (non-hydrogen) atoms. The van der Waals surface area contributed by atoms with E-state index in [1.54, 1.807) is 0 Å². The third-order valence-electron chi connectivity index (χ3n) is 3.24. The highest BCUT2D eigenvalue weighted by atomic mass is 16.5. The van der Waals surface area contributed by atoms with Gasteiger partial charge in [-0.15, -0.1) is 0 Å². The van der Waals surface area contributed by atoms with E-state index < -0.39 is 0 Å². The van der Waals surface area contributed by atoms with Crippen molar-refractivity contribution < 1.29 is 4.74 Å². The van der Waals surface area contributed by atoms with Crippen LogP contribution in [0.5, 0.6) is 0 Å². The Morgan fingerprint density at radius 3 is 2.74 bits per heavy atom. The summed E-state index contributed by atoms with van der Waals surface area (Å²) in [6.07, 6.45) is 0.723. The summed E-state index contributed by atoms with van der Waals surface area (Å²) in [6, 6.07) is 8.30. The van der Waals surface area contributed by atoms with Crippen LogP contribution in [0.25, 0.3) is 10.9 Å². The van der Waals surface area contributed by atoms with Crippen molar-refractivity contribution in [3.05, 3.63) is 30.0 Å². The highest BCUT2D eigenvalue weighted by molar-refractivity contribution is 5.82. The van der Waals surface area contributed by atoms with Gasteiger partial charge >= 0.3 is 0 Å². The smallest absolute Gasteiger partial charge is 0.0722 e. The second-order valence-corrected chi connectivity index (χ2v) is 5.25. The highest BCUT2D eigenvalue weighted by Gasteiger charge is 2.22. The molecule has 1 heterocycles. The van der Waals surface area contributed by atoms with Gasteiger partial charge in [-0.25, -0.2) is 0 Å². The lowest BCUT2D eigenvalue weighted by atomic mass is 9.96. The van der Waals surface area contributed by atoms with Crippen LogP contribution < -0.4 is 5.73 Å². The van der Waals surface area contributed by atoms with Gasteiger partial charge in [0.05, 0.1) is 17.8 Å². The molecular weight excluding hydrogens is 238 g/mol. The molecule has 0 aliphatic rings. The lowest BCUT2D eigenvalue weighted by molar-refractivity contribution is 0.101. The zero-order valence-corrected chi connectivity index (χ0v) is 12.0. The maximum Gasteiger partial charge on any atom is 0.0722 e. The van der Waals surface area contributed by atoms with E-state index in [1.165, 1.54) is 10.9 Å². The summed E-state index contributed by atoms with van der Waals surface area (Å²) in [7, 11) is 0. The first kappa shape index (κ1) is 14.0. The van der Waals surface area contributed by atoms with Crippen LogP contribution in [0.4, 0.5) is 0 Å². The number of nitrogens with zero attached hydrogens (tertiary/aromatic N) is 2. The van der Waals surface area contributed by atoms with E-state index in [2.05, 4.69) is 24.2 Å². The minimum Gasteiger partial charge on any atom is -0.380 e. The Bertz CT molecular complexity index is 545. The molecule has 4 heteroatoms. The van der Waals surface area contributed by atoms with Gasteiger partial charge in [0.15, 0.2) is 0 Å². The summed E-state index contributed by atoms with van der Waals surface area (Å²) in [6.45, 7) is 8.21. The van der Waals surface area contributed by atoms with E-state index >= 15 is 0 Å². The Kier molecular flexibility index (Phi) is 4.22. The first-order chi connectivity index (χ1) is 9.07. The Morgan fingerprint density at radius 1 is 1.32 bits per heavy atom. The standard InChI is InChI=1S/C15H23N3O/c1-4-18-14-9-7-6-8-12(14)13(17-18)10-15(3,16)11-19-5-2/h6-9H,4-5,10-11,16H2,1-3H3. The molecular formula is C15H23N3O. The summed E-state index contributed by atoms with van der Waals surface area (Å²) < 4.78 is 7.49. The van der Waals surface area contributed by atoms with Gasteiger partial charge in [0.1, 0.15) is 0 Å². The summed E-state index contributed by atoms with van der Waals surface area (Å²) in [4.78, 5) is 0. The molecule has 2 aromatic rings. The van der Waals surface area contributed by atoms with Crippen molar-refractivity contribution in [3.63, 3.8) is 0 Å². The van der Waals surface area contributed by atoms with Gasteiger partial charge in [0, 0.05) is 30.5 Å². The SMILES string of the molecule is CCOCC(C)(N)Cc1nn(CC)c2ccccc12. The molecule has 1 aromatic carbocycles. The monoisotopic (exact) mass is 261 g/mol. The number of fused-ring (bicyclic) bond motifs is 1. The fourth-order valence-corrected chi connectivity index (χ4v) is 2.34. The van der Waals surface area contributed by atoms with Gasteiger partial charge in [-0.1, -0.05) is 18.2 Å². The van der Waals surface area contributed by atoms with E-state index in [0.717, 1.165) is 18.7 Å². The molecule has 1 aromatic heterocycles. The quantitative estimate of drug-likeness (QED) is 0.868. The number of para-hydroxylation sites is 1. The molecule has 0 spiro atoms. The summed E-state index contributed by atoms with van der Waals surface area (Å²) in [5, 5.41) is 5.87. The molecule has 0 bridgehead atoms. The van der Waals surface area contributed by atoms with Crippen LogP contribution in [0.15, 0.2) is 24.3 Å². The normalized spacial score (nSPS) is 14.7. The van der Waals surface area contributed by atoms with Crippen LogP contribution >= 0.6 is 0 Å². The maximum absolute atomic E-state index is 6.30. The third kappa shape index (κ3) is 3.14. The topological polar surface area (TPSA) is 53.1 Å². The van der Waals surface area contributed by atoms with Gasteiger partial charge in [0.2, 0.25) is 0 Å². The fourth-order valence-electron chi connectivity index (χ4n) is 2.34. The molecule has 2 N–H and O–H groups in total. The Labute approximate surface area is 114 Å². The zero-order chi connectivity index (χ0) is 13.9. The molecule has 0 fully saturated rings. The molecule has 0 saturated heterocycles. The van der Waals surface area contributed by atoms with Crippen molar-refractivity contribution in [1.82, 2.24) is 9.78 Å². The molecule has 0 saturated carbocycles. The molecule has 1 unspecified atom stereocenters. The van der Waals surface area contributed by atoms with E-state index in [0.29, 0.717) is 13.2 Å². The van der Waals surface area contributed by atoms with Crippen LogP contribution in [0.2, 0.25) is 0 Å². The van der Waals surface area contributed by atoms with Crippen molar-refractivity contribution in [3.8, 4) is 0 Å². The Balaban J connectivity index is 2.30. The third-order valence-corrected chi connectivity index (χ3v) is 3.24. The molecule has 0 aliphatic heterocycles. The molecule has 0 radical (unpaired) electrons. The Morgan fingerprint density at radius 2 is 2.05 bits per heavy atom. The van der Waals surface area contributed by atoms with Crippen molar-refractivity contribution in [2.24, 2.45) is 5.73 Å². The number of hydrogen-bond donors (Lipinski definition) is 1. The van der Waals surface area contributed by atoms with Gasteiger partial charge in [-0.05, 0) is 26.8 Å². The zero-order valence-electron chi connectivity index (χ0n) is 12.0. The van der Waals surface area contributed by atoms with Crippen molar-refractivity contribution in [2.45, 2.75) is 39.3 Å². The van der Waals surface area contributed by atoms with Crippen LogP contribution in [-0.2, 0) is 17.7 Å². The van der Waals surface area contributed by atoms with Crippen molar-refractivity contribution in [2.75, 3.05) is 13.2 Å². The number of aromatic nitrogens is 2. The van der Waals surface area contributed by atoms with Crippen LogP contribution in [0.1, 0.15) is 26.5 Å². The van der Waals surface area contributed by atoms with E-state index in [-0.39, 0.29) is 5.54 Å². The van der Waals surface area contributed by atoms with Crippen LogP contribution in [0.3, 0.4) is 0 Å². The fraction of sp³-hybridized carbons (Fsp3) is 0.533. The second-order valence-electron chi connectivity index (χ2n) is 5.25. The summed E-state index contributed by atoms with van der Waals surface area (Å²) in [5.41, 5.74) is 8.15. The lowest BCUT2D eigenvalue weighted by Gasteiger charge is -2.23. The number of benzene rings is 1. The molecule has 104 valence electrons. The highest BCUT2D eigenvalue weighted by Crippen LogP contribution is 2.21.